The van der Waals surface area contributed by atoms with Gasteiger partial charge in [-0.05, 0) is 23.6 Å². The predicted molar refractivity (Wildman–Crippen MR) is 93.2 cm³/mol. The van der Waals surface area contributed by atoms with Crippen molar-refractivity contribution in [3.63, 3.8) is 0 Å². The molecule has 0 atom stereocenters. The average Bonchev–Trinajstić information content (AvgIpc) is 2.60. The van der Waals surface area contributed by atoms with Crippen LogP contribution >= 0.6 is 11.8 Å². The highest BCUT2D eigenvalue weighted by atomic mass is 32.2. The summed E-state index contributed by atoms with van der Waals surface area (Å²) in [6.45, 7) is 0.378. The second-order valence-corrected chi connectivity index (χ2v) is 5.97. The third kappa shape index (κ3) is 4.46. The lowest BCUT2D eigenvalue weighted by atomic mass is 10.2. The molecule has 7 heteroatoms. The van der Waals surface area contributed by atoms with Gasteiger partial charge in [0.2, 0.25) is 0 Å². The lowest BCUT2D eigenvalue weighted by Gasteiger charge is -2.04. The Morgan fingerprint density at radius 1 is 1.17 bits per heavy atom. The molecule has 0 saturated heterocycles. The fourth-order valence-corrected chi connectivity index (χ4v) is 2.69. The standard InChI is InChI=1S/C17H18N2O4S/c1-18-11-15(16(20)19(2)17(18)21)24-10-4-9-23-12-13-5-7-14(22-3)8-6-13/h5-8,11H,10,12H2,1-3H3. The third-order valence-corrected chi connectivity index (χ3v) is 4.14. The van der Waals surface area contributed by atoms with Gasteiger partial charge in [0.25, 0.3) is 5.56 Å². The van der Waals surface area contributed by atoms with Crippen LogP contribution in [0.5, 0.6) is 5.75 Å². The molecule has 2 rings (SSSR count). The van der Waals surface area contributed by atoms with E-state index < -0.39 is 0 Å². The smallest absolute Gasteiger partial charge is 0.330 e. The first kappa shape index (κ1) is 17.8. The molecule has 1 heterocycles. The maximum Gasteiger partial charge on any atom is 0.330 e. The zero-order chi connectivity index (χ0) is 17.5. The fourth-order valence-electron chi connectivity index (χ4n) is 1.91. The van der Waals surface area contributed by atoms with Crippen molar-refractivity contribution in [1.29, 1.82) is 0 Å². The Kier molecular flexibility index (Phi) is 6.15. The van der Waals surface area contributed by atoms with Crippen molar-refractivity contribution >= 4 is 11.8 Å². The van der Waals surface area contributed by atoms with Gasteiger partial charge in [-0.3, -0.25) is 9.36 Å². The minimum absolute atomic E-state index is 0.316. The second-order valence-electron chi connectivity index (χ2n) is 4.96. The number of thioether (sulfide) groups is 1. The first-order chi connectivity index (χ1) is 11.5. The molecule has 0 amide bonds. The molecule has 2 aromatic rings. The van der Waals surface area contributed by atoms with Gasteiger partial charge in [0, 0.05) is 20.3 Å². The Morgan fingerprint density at radius 3 is 2.54 bits per heavy atom. The first-order valence-electron chi connectivity index (χ1n) is 7.15. The topological polar surface area (TPSA) is 62.5 Å². The number of nitrogens with zero attached hydrogens (tertiary/aromatic N) is 2. The highest BCUT2D eigenvalue weighted by molar-refractivity contribution is 7.99. The van der Waals surface area contributed by atoms with Crippen LogP contribution in [0.2, 0.25) is 0 Å². The Bertz CT molecular complexity index is 873. The van der Waals surface area contributed by atoms with Crippen LogP contribution in [-0.2, 0) is 25.4 Å². The summed E-state index contributed by atoms with van der Waals surface area (Å²) in [5, 5.41) is 0. The summed E-state index contributed by atoms with van der Waals surface area (Å²) in [6, 6.07) is 7.53. The van der Waals surface area contributed by atoms with Gasteiger partial charge in [0.15, 0.2) is 0 Å². The van der Waals surface area contributed by atoms with Crippen molar-refractivity contribution in [3.8, 4) is 17.8 Å². The van der Waals surface area contributed by atoms with E-state index in [1.807, 2.05) is 24.3 Å². The van der Waals surface area contributed by atoms with Crippen molar-refractivity contribution in [2.75, 3.05) is 12.9 Å². The van der Waals surface area contributed by atoms with Crippen molar-refractivity contribution in [2.24, 2.45) is 14.1 Å². The number of hydrogen-bond acceptors (Lipinski definition) is 5. The molecule has 0 radical (unpaired) electrons. The lowest BCUT2D eigenvalue weighted by molar-refractivity contribution is 0.264. The quantitative estimate of drug-likeness (QED) is 0.604. The molecule has 0 bridgehead atoms. The molecule has 24 heavy (non-hydrogen) atoms. The number of ether oxygens (including phenoxy) is 2. The summed E-state index contributed by atoms with van der Waals surface area (Å²) < 4.78 is 12.8. The van der Waals surface area contributed by atoms with Crippen LogP contribution in [-0.4, -0.2) is 22.0 Å². The van der Waals surface area contributed by atoms with E-state index in [4.69, 9.17) is 9.47 Å². The van der Waals surface area contributed by atoms with Crippen LogP contribution in [0.3, 0.4) is 0 Å². The monoisotopic (exact) mass is 346 g/mol. The molecule has 0 saturated carbocycles. The van der Waals surface area contributed by atoms with E-state index in [0.29, 0.717) is 17.3 Å². The number of benzene rings is 1. The summed E-state index contributed by atoms with van der Waals surface area (Å²) in [5.74, 6) is 4.03. The molecule has 0 N–H and O–H groups in total. The molecule has 0 unspecified atom stereocenters. The third-order valence-electron chi connectivity index (χ3n) is 3.26. The minimum Gasteiger partial charge on any atom is -0.497 e. The Balaban J connectivity index is 1.86. The van der Waals surface area contributed by atoms with E-state index in [1.165, 1.54) is 29.6 Å². The van der Waals surface area contributed by atoms with Crippen LogP contribution in [0, 0.1) is 12.0 Å². The van der Waals surface area contributed by atoms with Crippen molar-refractivity contribution in [2.45, 2.75) is 11.5 Å². The van der Waals surface area contributed by atoms with Gasteiger partial charge in [0.05, 0.1) is 17.8 Å². The van der Waals surface area contributed by atoms with Crippen LogP contribution in [0.15, 0.2) is 44.9 Å². The molecular weight excluding hydrogens is 328 g/mol. The highest BCUT2D eigenvalue weighted by Gasteiger charge is 2.06. The summed E-state index contributed by atoms with van der Waals surface area (Å²) in [5.41, 5.74) is 0.326. The molecule has 0 aliphatic heterocycles. The molecule has 1 aromatic carbocycles. The molecule has 0 aliphatic carbocycles. The Morgan fingerprint density at radius 2 is 1.88 bits per heavy atom. The zero-order valence-corrected chi connectivity index (χ0v) is 14.6. The van der Waals surface area contributed by atoms with Gasteiger partial charge in [-0.1, -0.05) is 12.1 Å². The van der Waals surface area contributed by atoms with Crippen molar-refractivity contribution in [1.82, 2.24) is 9.13 Å². The van der Waals surface area contributed by atoms with E-state index >= 15 is 0 Å². The number of hydrogen-bond donors (Lipinski definition) is 0. The van der Waals surface area contributed by atoms with Gasteiger partial charge < -0.3 is 14.0 Å². The van der Waals surface area contributed by atoms with Gasteiger partial charge in [-0.2, -0.15) is 0 Å². The summed E-state index contributed by atoms with van der Waals surface area (Å²) in [7, 11) is 4.68. The summed E-state index contributed by atoms with van der Waals surface area (Å²) in [4.78, 5) is 24.0. The molecule has 1 aromatic heterocycles. The SMILES string of the molecule is COc1ccc(COC#CCSc2cn(C)c(=O)n(C)c2=O)cc1. The van der Waals surface area contributed by atoms with Crippen LogP contribution < -0.4 is 16.0 Å². The first-order valence-corrected chi connectivity index (χ1v) is 8.13. The Hall–Kier alpha value is -2.59. The molecule has 0 fully saturated rings. The highest BCUT2D eigenvalue weighted by Crippen LogP contribution is 2.12. The van der Waals surface area contributed by atoms with E-state index in [1.54, 1.807) is 14.2 Å². The van der Waals surface area contributed by atoms with Gasteiger partial charge in [0.1, 0.15) is 18.5 Å². The maximum absolute atomic E-state index is 11.9. The van der Waals surface area contributed by atoms with Gasteiger partial charge >= 0.3 is 5.69 Å². The zero-order valence-electron chi connectivity index (χ0n) is 13.7. The van der Waals surface area contributed by atoms with Gasteiger partial charge in [-0.15, -0.1) is 11.8 Å². The largest absolute Gasteiger partial charge is 0.497 e. The summed E-state index contributed by atoms with van der Waals surface area (Å²) in [6.07, 6.45) is 4.14. The van der Waals surface area contributed by atoms with Crippen molar-refractivity contribution < 1.29 is 9.47 Å². The number of aryl methyl sites for hydroxylation is 1. The molecule has 126 valence electrons. The van der Waals surface area contributed by atoms with E-state index in [9.17, 15) is 9.59 Å². The lowest BCUT2D eigenvalue weighted by Crippen LogP contribution is -2.37. The van der Waals surface area contributed by atoms with Crippen LogP contribution in [0.25, 0.3) is 0 Å². The van der Waals surface area contributed by atoms with Crippen molar-refractivity contribution in [3.05, 3.63) is 56.9 Å². The molecular formula is C17H18N2O4S. The fraction of sp³-hybridized carbons (Fsp3) is 0.294. The normalized spacial score (nSPS) is 9.96. The molecule has 6 nitrogen and oxygen atoms in total. The van der Waals surface area contributed by atoms with E-state index in [2.05, 4.69) is 12.0 Å². The summed E-state index contributed by atoms with van der Waals surface area (Å²) >= 11 is 1.27. The molecule has 0 spiro atoms. The second kappa shape index (κ2) is 8.31. The van der Waals surface area contributed by atoms with E-state index in [0.717, 1.165) is 15.9 Å². The number of aromatic nitrogens is 2. The molecule has 0 aliphatic rings. The predicted octanol–water partition coefficient (Wildman–Crippen LogP) is 1.36. The Labute approximate surface area is 144 Å². The maximum atomic E-state index is 11.9. The number of methoxy groups -OCH3 is 1. The average molecular weight is 346 g/mol. The van der Waals surface area contributed by atoms with Gasteiger partial charge in [-0.25, -0.2) is 4.79 Å². The minimum atomic E-state index is -0.349. The van der Waals surface area contributed by atoms with Crippen LogP contribution in [0.1, 0.15) is 5.56 Å². The van der Waals surface area contributed by atoms with E-state index in [-0.39, 0.29) is 11.2 Å². The number of rotatable bonds is 5. The van der Waals surface area contributed by atoms with Crippen LogP contribution in [0.4, 0.5) is 0 Å².